The third-order valence-corrected chi connectivity index (χ3v) is 4.77. The SMILES string of the molecule is COC1O[C@H](COC(C)(C)C)C[C@H]1O[SiH2]c1ccccc1. The number of methoxy groups -OCH3 is 1. The summed E-state index contributed by atoms with van der Waals surface area (Å²) in [7, 11) is 0.918. The van der Waals surface area contributed by atoms with Gasteiger partial charge in [-0.3, -0.25) is 0 Å². The second-order valence-electron chi connectivity index (χ2n) is 6.36. The van der Waals surface area contributed by atoms with Crippen LogP contribution in [0.4, 0.5) is 0 Å². The van der Waals surface area contributed by atoms with Gasteiger partial charge in [0.05, 0.1) is 24.4 Å². The van der Waals surface area contributed by atoms with Crippen molar-refractivity contribution >= 4 is 14.9 Å². The molecule has 0 aromatic heterocycles. The van der Waals surface area contributed by atoms with Crippen molar-refractivity contribution in [2.45, 2.75) is 51.3 Å². The lowest BCUT2D eigenvalue weighted by Gasteiger charge is -2.22. The molecule has 2 rings (SSSR count). The minimum absolute atomic E-state index is 0.00967. The number of benzene rings is 1. The summed E-state index contributed by atoms with van der Waals surface area (Å²) in [5, 5.41) is 1.29. The molecule has 0 amide bonds. The summed E-state index contributed by atoms with van der Waals surface area (Å²) in [6.07, 6.45) is 0.600. The Hall–Kier alpha value is -0.723. The van der Waals surface area contributed by atoms with Gasteiger partial charge in [-0.05, 0) is 26.0 Å². The van der Waals surface area contributed by atoms with Crippen LogP contribution in [0.25, 0.3) is 0 Å². The van der Waals surface area contributed by atoms with E-state index in [1.165, 1.54) is 5.19 Å². The first-order chi connectivity index (χ1) is 9.98. The fraction of sp³-hybridized carbons (Fsp3) is 0.625. The van der Waals surface area contributed by atoms with E-state index >= 15 is 0 Å². The van der Waals surface area contributed by atoms with Gasteiger partial charge < -0.3 is 18.6 Å². The normalized spacial score (nSPS) is 26.8. The number of rotatable bonds is 6. The van der Waals surface area contributed by atoms with Crippen LogP contribution in [0.1, 0.15) is 27.2 Å². The van der Waals surface area contributed by atoms with Crippen molar-refractivity contribution < 1.29 is 18.6 Å². The lowest BCUT2D eigenvalue weighted by Crippen LogP contribution is -2.31. The maximum atomic E-state index is 6.09. The maximum Gasteiger partial charge on any atom is 0.193 e. The fourth-order valence-corrected chi connectivity index (χ4v) is 3.45. The molecule has 1 aromatic carbocycles. The summed E-state index contributed by atoms with van der Waals surface area (Å²) in [5.74, 6) is 0. The van der Waals surface area contributed by atoms with Gasteiger partial charge in [-0.2, -0.15) is 0 Å². The minimum atomic E-state index is -0.747. The van der Waals surface area contributed by atoms with Crippen molar-refractivity contribution in [3.8, 4) is 0 Å². The second kappa shape index (κ2) is 7.51. The van der Waals surface area contributed by atoms with Crippen molar-refractivity contribution in [3.63, 3.8) is 0 Å². The molecule has 1 aliphatic heterocycles. The molecule has 1 aliphatic rings. The Bertz CT molecular complexity index is 418. The van der Waals surface area contributed by atoms with Crippen LogP contribution in [0.5, 0.6) is 0 Å². The predicted molar refractivity (Wildman–Crippen MR) is 85.5 cm³/mol. The van der Waals surface area contributed by atoms with Crippen molar-refractivity contribution in [2.24, 2.45) is 0 Å². The van der Waals surface area contributed by atoms with Crippen LogP contribution >= 0.6 is 0 Å². The summed E-state index contributed by atoms with van der Waals surface area (Å²) in [6.45, 7) is 6.72. The monoisotopic (exact) mass is 310 g/mol. The summed E-state index contributed by atoms with van der Waals surface area (Å²) in [4.78, 5) is 0. The van der Waals surface area contributed by atoms with E-state index in [0.717, 1.165) is 6.42 Å². The van der Waals surface area contributed by atoms with Crippen LogP contribution in [0.3, 0.4) is 0 Å². The minimum Gasteiger partial charge on any atom is -0.410 e. The van der Waals surface area contributed by atoms with Crippen molar-refractivity contribution in [3.05, 3.63) is 30.3 Å². The molecule has 1 aromatic rings. The number of hydrogen-bond donors (Lipinski definition) is 0. The largest absolute Gasteiger partial charge is 0.410 e. The van der Waals surface area contributed by atoms with Crippen LogP contribution in [0.2, 0.25) is 0 Å². The fourth-order valence-electron chi connectivity index (χ4n) is 2.28. The lowest BCUT2D eigenvalue weighted by atomic mass is 10.2. The van der Waals surface area contributed by atoms with Gasteiger partial charge in [0, 0.05) is 13.5 Å². The van der Waals surface area contributed by atoms with E-state index in [4.69, 9.17) is 18.6 Å². The molecule has 0 N–H and O–H groups in total. The van der Waals surface area contributed by atoms with Gasteiger partial charge >= 0.3 is 0 Å². The Morgan fingerprint density at radius 2 is 1.95 bits per heavy atom. The molecule has 0 bridgehead atoms. The Balaban J connectivity index is 1.82. The van der Waals surface area contributed by atoms with Gasteiger partial charge in [-0.15, -0.1) is 0 Å². The number of hydrogen-bond acceptors (Lipinski definition) is 4. The average molecular weight is 310 g/mol. The van der Waals surface area contributed by atoms with Crippen LogP contribution in [-0.4, -0.2) is 47.6 Å². The highest BCUT2D eigenvalue weighted by atomic mass is 28.2. The third kappa shape index (κ3) is 5.52. The molecule has 0 saturated carbocycles. The smallest absolute Gasteiger partial charge is 0.193 e. The van der Waals surface area contributed by atoms with E-state index in [2.05, 4.69) is 12.1 Å². The summed E-state index contributed by atoms with van der Waals surface area (Å²) >= 11 is 0. The van der Waals surface area contributed by atoms with Gasteiger partial charge in [0.1, 0.15) is 0 Å². The molecule has 1 heterocycles. The zero-order valence-corrected chi connectivity index (χ0v) is 14.8. The van der Waals surface area contributed by atoms with E-state index < -0.39 is 9.76 Å². The summed E-state index contributed by atoms with van der Waals surface area (Å²) in [5.41, 5.74) is -0.149. The highest BCUT2D eigenvalue weighted by Crippen LogP contribution is 2.25. The molecular formula is C16H26O4Si. The Morgan fingerprint density at radius 1 is 1.24 bits per heavy atom. The van der Waals surface area contributed by atoms with Crippen LogP contribution in [0.15, 0.2) is 30.3 Å². The second-order valence-corrected chi connectivity index (χ2v) is 7.79. The zero-order chi connectivity index (χ0) is 15.3. The van der Waals surface area contributed by atoms with Crippen molar-refractivity contribution in [1.82, 2.24) is 0 Å². The molecule has 5 heteroatoms. The van der Waals surface area contributed by atoms with E-state index in [0.29, 0.717) is 6.61 Å². The topological polar surface area (TPSA) is 36.9 Å². The average Bonchev–Trinajstić information content (AvgIpc) is 2.86. The van der Waals surface area contributed by atoms with Crippen LogP contribution in [0, 0.1) is 0 Å². The molecule has 0 spiro atoms. The standard InChI is InChI=1S/C16H26O4Si/c1-16(2,3)18-11-12-10-14(15(17-4)19-12)20-21-13-8-6-5-7-9-13/h5-9,12,14-15H,10-11,21H2,1-4H3/t12-,14+,15?/m0/s1. The Labute approximate surface area is 129 Å². The first kappa shape index (κ1) is 16.6. The molecule has 1 unspecified atom stereocenters. The first-order valence-electron chi connectivity index (χ1n) is 7.45. The molecule has 1 saturated heterocycles. The summed E-state index contributed by atoms with van der Waals surface area (Å²) in [6, 6.07) is 10.3. The Morgan fingerprint density at radius 3 is 2.57 bits per heavy atom. The van der Waals surface area contributed by atoms with E-state index in [1.54, 1.807) is 7.11 Å². The molecular weight excluding hydrogens is 284 g/mol. The molecule has 1 fully saturated rings. The molecule has 0 radical (unpaired) electrons. The molecule has 0 aliphatic carbocycles. The number of ether oxygens (including phenoxy) is 3. The Kier molecular flexibility index (Phi) is 5.95. The van der Waals surface area contributed by atoms with Gasteiger partial charge in [0.15, 0.2) is 16.1 Å². The van der Waals surface area contributed by atoms with Crippen molar-refractivity contribution in [1.29, 1.82) is 0 Å². The van der Waals surface area contributed by atoms with Gasteiger partial charge in [-0.1, -0.05) is 30.3 Å². The van der Waals surface area contributed by atoms with E-state index in [1.807, 2.05) is 39.0 Å². The molecule has 4 nitrogen and oxygen atoms in total. The highest BCUT2D eigenvalue weighted by molar-refractivity contribution is 6.46. The van der Waals surface area contributed by atoms with Crippen molar-refractivity contribution in [2.75, 3.05) is 13.7 Å². The quantitative estimate of drug-likeness (QED) is 0.744. The van der Waals surface area contributed by atoms with Crippen LogP contribution < -0.4 is 5.19 Å². The van der Waals surface area contributed by atoms with E-state index in [-0.39, 0.29) is 24.1 Å². The molecule has 118 valence electrons. The first-order valence-corrected chi connectivity index (χ1v) is 8.74. The van der Waals surface area contributed by atoms with Gasteiger partial charge in [0.25, 0.3) is 0 Å². The molecule has 3 atom stereocenters. The zero-order valence-electron chi connectivity index (χ0n) is 13.4. The van der Waals surface area contributed by atoms with Gasteiger partial charge in [0.2, 0.25) is 0 Å². The lowest BCUT2D eigenvalue weighted by molar-refractivity contribution is -0.159. The molecule has 21 heavy (non-hydrogen) atoms. The van der Waals surface area contributed by atoms with Gasteiger partial charge in [-0.25, -0.2) is 0 Å². The van der Waals surface area contributed by atoms with E-state index in [9.17, 15) is 0 Å². The maximum absolute atomic E-state index is 6.09. The summed E-state index contributed by atoms with van der Waals surface area (Å²) < 4.78 is 23.1. The van der Waals surface area contributed by atoms with Crippen LogP contribution in [-0.2, 0) is 18.6 Å². The third-order valence-electron chi connectivity index (χ3n) is 3.37. The highest BCUT2D eigenvalue weighted by Gasteiger charge is 2.36. The predicted octanol–water partition coefficient (Wildman–Crippen LogP) is 1.36.